The highest BCUT2D eigenvalue weighted by Crippen LogP contribution is 2.29. The minimum Gasteiger partial charge on any atom is -0.506 e. The van der Waals surface area contributed by atoms with Crippen molar-refractivity contribution >= 4 is 5.78 Å². The van der Waals surface area contributed by atoms with Crippen LogP contribution in [0.4, 0.5) is 0 Å². The Hall–Kier alpha value is -1.11. The van der Waals surface area contributed by atoms with Gasteiger partial charge in [-0.1, -0.05) is 0 Å². The van der Waals surface area contributed by atoms with Crippen LogP contribution in [0.3, 0.4) is 0 Å². The Morgan fingerprint density at radius 3 is 2.29 bits per heavy atom. The third kappa shape index (κ3) is 1.28. The van der Waals surface area contributed by atoms with E-state index in [4.69, 9.17) is 0 Å². The van der Waals surface area contributed by atoms with E-state index in [9.17, 15) is 25.2 Å². The van der Waals surface area contributed by atoms with Crippen molar-refractivity contribution in [3.63, 3.8) is 0 Å². The average Bonchev–Trinajstić information content (AvgIpc) is 2.14. The fourth-order valence-corrected chi connectivity index (χ4v) is 1.27. The van der Waals surface area contributed by atoms with Crippen LogP contribution < -0.4 is 0 Å². The molecule has 6 nitrogen and oxygen atoms in total. The second kappa shape index (κ2) is 3.23. The monoisotopic (exact) mass is 204 g/mol. The summed E-state index contributed by atoms with van der Waals surface area (Å²) < 4.78 is 4.50. The third-order valence-electron chi connectivity index (χ3n) is 2.28. The van der Waals surface area contributed by atoms with Gasteiger partial charge in [-0.3, -0.25) is 4.79 Å². The minimum absolute atomic E-state index is 0.531. The van der Waals surface area contributed by atoms with E-state index in [0.29, 0.717) is 0 Å². The molecular formula is C8H12O6. The zero-order valence-electron chi connectivity index (χ0n) is 7.76. The fraction of sp³-hybridized carbons (Fsp3) is 0.625. The van der Waals surface area contributed by atoms with Crippen LogP contribution in [0.1, 0.15) is 6.92 Å². The summed E-state index contributed by atoms with van der Waals surface area (Å²) in [6, 6.07) is 0. The van der Waals surface area contributed by atoms with Crippen LogP contribution in [0.5, 0.6) is 0 Å². The highest BCUT2D eigenvalue weighted by Gasteiger charge is 2.51. The van der Waals surface area contributed by atoms with Crippen molar-refractivity contribution in [1.29, 1.82) is 0 Å². The smallest absolute Gasteiger partial charge is 0.232 e. The Kier molecular flexibility index (Phi) is 2.53. The first-order valence-corrected chi connectivity index (χ1v) is 3.93. The van der Waals surface area contributed by atoms with Gasteiger partial charge in [0.25, 0.3) is 0 Å². The van der Waals surface area contributed by atoms with Crippen LogP contribution >= 0.6 is 0 Å². The zero-order valence-corrected chi connectivity index (χ0v) is 7.76. The summed E-state index contributed by atoms with van der Waals surface area (Å²) in [6.07, 6.45) is -3.56. The summed E-state index contributed by atoms with van der Waals surface area (Å²) in [5, 5.41) is 37.4. The highest BCUT2D eigenvalue weighted by atomic mass is 16.5. The molecule has 0 fully saturated rings. The molecule has 0 saturated carbocycles. The summed E-state index contributed by atoms with van der Waals surface area (Å²) >= 11 is 0. The molecule has 14 heavy (non-hydrogen) atoms. The molecule has 80 valence electrons. The Labute approximate surface area is 80.1 Å². The molecule has 6 heteroatoms. The Morgan fingerprint density at radius 1 is 1.36 bits per heavy atom. The van der Waals surface area contributed by atoms with Crippen molar-refractivity contribution in [3.8, 4) is 0 Å². The summed E-state index contributed by atoms with van der Waals surface area (Å²) in [5.74, 6) is -2.26. The van der Waals surface area contributed by atoms with Gasteiger partial charge in [0.05, 0.1) is 7.11 Å². The van der Waals surface area contributed by atoms with Crippen LogP contribution in [-0.2, 0) is 9.53 Å². The number of aliphatic hydroxyl groups excluding tert-OH is 3. The van der Waals surface area contributed by atoms with Gasteiger partial charge in [0.2, 0.25) is 11.5 Å². The first kappa shape index (κ1) is 11.0. The van der Waals surface area contributed by atoms with Gasteiger partial charge in [0.1, 0.15) is 11.7 Å². The van der Waals surface area contributed by atoms with Crippen molar-refractivity contribution in [3.05, 3.63) is 11.5 Å². The fourth-order valence-electron chi connectivity index (χ4n) is 1.27. The van der Waals surface area contributed by atoms with Crippen LogP contribution in [0.25, 0.3) is 0 Å². The lowest BCUT2D eigenvalue weighted by Crippen LogP contribution is -2.58. The van der Waals surface area contributed by atoms with Gasteiger partial charge in [-0.2, -0.15) is 0 Å². The molecule has 0 aromatic carbocycles. The Morgan fingerprint density at radius 2 is 1.86 bits per heavy atom. The average molecular weight is 204 g/mol. The number of methoxy groups -OCH3 is 1. The zero-order chi connectivity index (χ0) is 11.1. The van der Waals surface area contributed by atoms with Crippen molar-refractivity contribution < 1.29 is 30.0 Å². The molecule has 0 radical (unpaired) electrons. The minimum atomic E-state index is -2.11. The van der Waals surface area contributed by atoms with E-state index in [1.807, 2.05) is 0 Å². The topological polar surface area (TPSA) is 107 Å². The van der Waals surface area contributed by atoms with E-state index < -0.39 is 35.1 Å². The van der Waals surface area contributed by atoms with Gasteiger partial charge in [-0.25, -0.2) is 0 Å². The van der Waals surface area contributed by atoms with Crippen LogP contribution in [0.15, 0.2) is 11.5 Å². The van der Waals surface area contributed by atoms with Crippen LogP contribution in [0, 0.1) is 0 Å². The molecule has 3 atom stereocenters. The predicted octanol–water partition coefficient (Wildman–Crippen LogP) is -1.54. The van der Waals surface area contributed by atoms with E-state index in [2.05, 4.69) is 4.74 Å². The molecule has 3 unspecified atom stereocenters. The summed E-state index contributed by atoms with van der Waals surface area (Å²) in [7, 11) is 1.11. The molecule has 0 bridgehead atoms. The van der Waals surface area contributed by atoms with E-state index in [-0.39, 0.29) is 0 Å². The lowest BCUT2D eigenvalue weighted by molar-refractivity contribution is -0.165. The lowest BCUT2D eigenvalue weighted by Gasteiger charge is -2.36. The molecule has 4 N–H and O–H groups in total. The van der Waals surface area contributed by atoms with Crippen molar-refractivity contribution in [2.24, 2.45) is 0 Å². The molecule has 0 aliphatic heterocycles. The van der Waals surface area contributed by atoms with E-state index in [1.165, 1.54) is 0 Å². The number of aliphatic hydroxyl groups is 4. The number of ether oxygens (including phenoxy) is 1. The number of carbonyl (C=O) groups excluding carboxylic acids is 1. The van der Waals surface area contributed by atoms with Crippen LogP contribution in [0.2, 0.25) is 0 Å². The number of ketones is 1. The van der Waals surface area contributed by atoms with Crippen LogP contribution in [-0.4, -0.2) is 51.1 Å². The molecule has 0 aromatic heterocycles. The molecular weight excluding hydrogens is 192 g/mol. The summed E-state index contributed by atoms with van der Waals surface area (Å²) in [5.41, 5.74) is -2.11. The first-order valence-electron chi connectivity index (χ1n) is 3.93. The molecule has 1 rings (SSSR count). The lowest BCUT2D eigenvalue weighted by atomic mass is 9.83. The van der Waals surface area contributed by atoms with Gasteiger partial charge in [-0.15, -0.1) is 0 Å². The maximum absolute atomic E-state index is 11.3. The number of hydrogen-bond acceptors (Lipinski definition) is 6. The molecule has 0 spiro atoms. The number of Topliss-reactive ketones (excluding diaryl/α,β-unsaturated/α-hetero) is 1. The van der Waals surface area contributed by atoms with Gasteiger partial charge in [0, 0.05) is 0 Å². The quantitative estimate of drug-likeness (QED) is 0.412. The predicted molar refractivity (Wildman–Crippen MR) is 44.3 cm³/mol. The molecule has 0 heterocycles. The van der Waals surface area contributed by atoms with E-state index >= 15 is 0 Å². The SMILES string of the molecule is COC1=C(O)C(O)C(C)(O)C(O)C1=O. The number of rotatable bonds is 1. The normalized spacial score (nSPS) is 38.8. The molecule has 1 aliphatic carbocycles. The van der Waals surface area contributed by atoms with E-state index in [1.54, 1.807) is 0 Å². The third-order valence-corrected chi connectivity index (χ3v) is 2.28. The van der Waals surface area contributed by atoms with Gasteiger partial charge in [0.15, 0.2) is 11.9 Å². The van der Waals surface area contributed by atoms with Gasteiger partial charge in [-0.05, 0) is 6.92 Å². The first-order chi connectivity index (χ1) is 6.34. The van der Waals surface area contributed by atoms with Crippen molar-refractivity contribution in [2.75, 3.05) is 7.11 Å². The van der Waals surface area contributed by atoms with Crippen molar-refractivity contribution in [2.45, 2.75) is 24.7 Å². The number of carbonyl (C=O) groups is 1. The standard InChI is InChI=1S/C8H12O6/c1-8(13)6(11)3(9)5(14-2)4(10)7(8)12/h6-7,9,11-13H,1-2H3. The largest absolute Gasteiger partial charge is 0.506 e. The molecule has 0 aromatic rings. The van der Waals surface area contributed by atoms with Gasteiger partial charge >= 0.3 is 0 Å². The summed E-state index contributed by atoms with van der Waals surface area (Å²) in [6.45, 7) is 1.04. The molecule has 0 saturated heterocycles. The molecule has 1 aliphatic rings. The summed E-state index contributed by atoms with van der Waals surface area (Å²) in [4.78, 5) is 11.3. The maximum Gasteiger partial charge on any atom is 0.232 e. The number of hydrogen-bond donors (Lipinski definition) is 4. The van der Waals surface area contributed by atoms with E-state index in [0.717, 1.165) is 14.0 Å². The second-order valence-corrected chi connectivity index (χ2v) is 3.31. The maximum atomic E-state index is 11.3. The second-order valence-electron chi connectivity index (χ2n) is 3.31. The Balaban J connectivity index is 3.24. The van der Waals surface area contributed by atoms with Crippen molar-refractivity contribution in [1.82, 2.24) is 0 Å². The van der Waals surface area contributed by atoms with Gasteiger partial charge < -0.3 is 25.2 Å². The Bertz CT molecular complexity index is 292. The molecule has 0 amide bonds. The highest BCUT2D eigenvalue weighted by molar-refractivity contribution is 5.99.